The van der Waals surface area contributed by atoms with Gasteiger partial charge in [0.15, 0.2) is 11.9 Å². The Hall–Kier alpha value is -2.84. The van der Waals surface area contributed by atoms with Gasteiger partial charge in [-0.15, -0.1) is 0 Å². The third-order valence-corrected chi connectivity index (χ3v) is 6.10. The molecule has 0 atom stereocenters. The molecule has 2 aromatic carbocycles. The van der Waals surface area contributed by atoms with Gasteiger partial charge >= 0.3 is 0 Å². The second-order valence-electron chi connectivity index (χ2n) is 7.14. The van der Waals surface area contributed by atoms with Crippen molar-refractivity contribution in [3.8, 4) is 17.0 Å². The molecule has 8 heteroatoms. The number of non-ortho nitro benzene ring substituents is 1. The summed E-state index contributed by atoms with van der Waals surface area (Å²) in [7, 11) is 0. The number of hydrogen-bond acceptors (Lipinski definition) is 6. The number of hydrogen-bond donors (Lipinski definition) is 0. The summed E-state index contributed by atoms with van der Waals surface area (Å²) in [6, 6.07) is 13.8. The maximum Gasteiger partial charge on any atom is 0.270 e. The first-order valence-electron chi connectivity index (χ1n) is 9.47. The molecular formula is C21H19N3O4S. The normalized spacial score (nSPS) is 15.6. The Bertz CT molecular complexity index is 1060. The monoisotopic (exact) mass is 409 g/mol. The second-order valence-corrected chi connectivity index (χ2v) is 8.09. The summed E-state index contributed by atoms with van der Waals surface area (Å²) in [5.41, 5.74) is 3.84. The molecule has 0 amide bonds. The minimum absolute atomic E-state index is 0.0592. The Morgan fingerprint density at radius 3 is 2.83 bits per heavy atom. The van der Waals surface area contributed by atoms with E-state index in [2.05, 4.69) is 21.7 Å². The van der Waals surface area contributed by atoms with Crippen molar-refractivity contribution in [3.05, 3.63) is 69.9 Å². The van der Waals surface area contributed by atoms with Gasteiger partial charge in [-0.05, 0) is 18.4 Å². The summed E-state index contributed by atoms with van der Waals surface area (Å²) in [6.45, 7) is 0.487. The second kappa shape index (κ2) is 7.53. The number of thioether (sulfide) groups is 1. The fraction of sp³-hybridized carbons (Fsp3) is 0.286. The van der Waals surface area contributed by atoms with E-state index in [-0.39, 0.29) is 17.4 Å². The predicted molar refractivity (Wildman–Crippen MR) is 109 cm³/mol. The lowest BCUT2D eigenvalue weighted by molar-refractivity contribution is -0.385. The van der Waals surface area contributed by atoms with Gasteiger partial charge in [0.05, 0.1) is 23.4 Å². The number of benzene rings is 2. The molecule has 2 aliphatic rings. The topological polar surface area (TPSA) is 79.4 Å². The molecule has 3 aromatic rings. The fourth-order valence-corrected chi connectivity index (χ4v) is 4.61. The third-order valence-electron chi connectivity index (χ3n) is 5.08. The number of fused-ring (bicyclic) bond motifs is 1. The Kier molecular flexibility index (Phi) is 4.73. The molecule has 0 saturated heterocycles. The SMILES string of the molecule is O=[N+]([O-])c1cc2c(c(CSc3ncc(-c4ccccc4)n3C3CC3)c1)OCOC2. The Balaban J connectivity index is 1.46. The molecule has 0 bridgehead atoms. The molecule has 1 fully saturated rings. The standard InChI is InChI=1S/C21H19N3O4S/c25-24(26)18-8-15-11-27-13-28-20(15)16(9-18)12-29-21-22-10-19(23(21)17-6-7-17)14-4-2-1-3-5-14/h1-5,8-10,17H,6-7,11-13H2. The van der Waals surface area contributed by atoms with Crippen molar-refractivity contribution < 1.29 is 14.4 Å². The van der Waals surface area contributed by atoms with E-state index in [0.717, 1.165) is 40.4 Å². The molecule has 29 heavy (non-hydrogen) atoms. The molecule has 1 aromatic heterocycles. The van der Waals surface area contributed by atoms with Crippen LogP contribution < -0.4 is 4.74 Å². The molecule has 2 heterocycles. The lowest BCUT2D eigenvalue weighted by Crippen LogP contribution is -2.13. The van der Waals surface area contributed by atoms with Gasteiger partial charge in [0, 0.05) is 35.1 Å². The van der Waals surface area contributed by atoms with Crippen LogP contribution in [0.5, 0.6) is 5.75 Å². The zero-order chi connectivity index (χ0) is 19.8. The third kappa shape index (κ3) is 3.61. The van der Waals surface area contributed by atoms with E-state index in [9.17, 15) is 10.1 Å². The van der Waals surface area contributed by atoms with Crippen molar-refractivity contribution in [1.29, 1.82) is 0 Å². The van der Waals surface area contributed by atoms with Crippen LogP contribution in [-0.4, -0.2) is 21.3 Å². The Labute approximate surface area is 171 Å². The highest BCUT2D eigenvalue weighted by atomic mass is 32.2. The molecule has 0 radical (unpaired) electrons. The van der Waals surface area contributed by atoms with Crippen molar-refractivity contribution >= 4 is 17.4 Å². The fourth-order valence-electron chi connectivity index (χ4n) is 3.59. The van der Waals surface area contributed by atoms with Crippen molar-refractivity contribution in [1.82, 2.24) is 9.55 Å². The number of nitro benzene ring substituents is 1. The highest BCUT2D eigenvalue weighted by Gasteiger charge is 2.29. The number of nitrogens with zero attached hydrogens (tertiary/aromatic N) is 3. The summed E-state index contributed by atoms with van der Waals surface area (Å²) in [5.74, 6) is 1.24. The van der Waals surface area contributed by atoms with Gasteiger partial charge in [0.2, 0.25) is 0 Å². The van der Waals surface area contributed by atoms with Crippen LogP contribution in [-0.2, 0) is 17.1 Å². The van der Waals surface area contributed by atoms with Crippen LogP contribution in [0, 0.1) is 10.1 Å². The highest BCUT2D eigenvalue weighted by molar-refractivity contribution is 7.98. The molecule has 0 unspecified atom stereocenters. The minimum Gasteiger partial charge on any atom is -0.467 e. The lowest BCUT2D eigenvalue weighted by Gasteiger charge is -2.20. The minimum atomic E-state index is -0.373. The Morgan fingerprint density at radius 2 is 2.07 bits per heavy atom. The molecule has 1 aliphatic carbocycles. The first-order chi connectivity index (χ1) is 14.2. The van der Waals surface area contributed by atoms with E-state index in [1.807, 2.05) is 24.4 Å². The van der Waals surface area contributed by atoms with Gasteiger partial charge in [0.1, 0.15) is 5.75 Å². The average Bonchev–Trinajstić information content (AvgIpc) is 3.51. The molecule has 5 rings (SSSR count). The van der Waals surface area contributed by atoms with E-state index in [1.165, 1.54) is 6.07 Å². The lowest BCUT2D eigenvalue weighted by atomic mass is 10.1. The van der Waals surface area contributed by atoms with E-state index in [0.29, 0.717) is 24.2 Å². The van der Waals surface area contributed by atoms with Gasteiger partial charge in [0.25, 0.3) is 5.69 Å². The van der Waals surface area contributed by atoms with Crippen LogP contribution >= 0.6 is 11.8 Å². The Morgan fingerprint density at radius 1 is 1.24 bits per heavy atom. The van der Waals surface area contributed by atoms with Crippen LogP contribution in [0.25, 0.3) is 11.3 Å². The zero-order valence-corrected chi connectivity index (χ0v) is 16.4. The summed E-state index contributed by atoms with van der Waals surface area (Å²) in [4.78, 5) is 15.6. The van der Waals surface area contributed by atoms with Gasteiger partial charge in [-0.1, -0.05) is 42.1 Å². The largest absolute Gasteiger partial charge is 0.467 e. The number of aromatic nitrogens is 2. The summed E-state index contributed by atoms with van der Waals surface area (Å²) >= 11 is 1.59. The summed E-state index contributed by atoms with van der Waals surface area (Å²) in [5, 5.41) is 12.3. The van der Waals surface area contributed by atoms with Crippen LogP contribution in [0.15, 0.2) is 53.8 Å². The number of nitro groups is 1. The molecule has 7 nitrogen and oxygen atoms in total. The highest BCUT2D eigenvalue weighted by Crippen LogP contribution is 2.43. The van der Waals surface area contributed by atoms with E-state index in [1.54, 1.807) is 17.8 Å². The van der Waals surface area contributed by atoms with Crippen molar-refractivity contribution in [2.24, 2.45) is 0 Å². The first kappa shape index (κ1) is 18.2. The van der Waals surface area contributed by atoms with Crippen LogP contribution in [0.4, 0.5) is 5.69 Å². The zero-order valence-electron chi connectivity index (χ0n) is 15.6. The van der Waals surface area contributed by atoms with Crippen molar-refractivity contribution in [2.75, 3.05) is 6.79 Å². The molecule has 1 aliphatic heterocycles. The van der Waals surface area contributed by atoms with Gasteiger partial charge in [-0.2, -0.15) is 0 Å². The van der Waals surface area contributed by atoms with Gasteiger partial charge in [-0.3, -0.25) is 10.1 Å². The molecule has 0 spiro atoms. The van der Waals surface area contributed by atoms with Gasteiger partial charge in [-0.25, -0.2) is 4.98 Å². The summed E-state index contributed by atoms with van der Waals surface area (Å²) in [6.07, 6.45) is 4.22. The predicted octanol–water partition coefficient (Wildman–Crippen LogP) is 4.95. The molecule has 0 N–H and O–H groups in total. The van der Waals surface area contributed by atoms with E-state index >= 15 is 0 Å². The number of ether oxygens (including phenoxy) is 2. The maximum absolute atomic E-state index is 11.3. The van der Waals surface area contributed by atoms with Crippen molar-refractivity contribution in [3.63, 3.8) is 0 Å². The first-order valence-corrected chi connectivity index (χ1v) is 10.5. The van der Waals surface area contributed by atoms with Crippen LogP contribution in [0.2, 0.25) is 0 Å². The molecule has 148 valence electrons. The average molecular weight is 409 g/mol. The van der Waals surface area contributed by atoms with Crippen LogP contribution in [0.3, 0.4) is 0 Å². The quantitative estimate of drug-likeness (QED) is 0.325. The van der Waals surface area contributed by atoms with Gasteiger partial charge < -0.3 is 14.0 Å². The number of rotatable bonds is 6. The van der Waals surface area contributed by atoms with E-state index < -0.39 is 0 Å². The molecular weight excluding hydrogens is 390 g/mol. The smallest absolute Gasteiger partial charge is 0.270 e. The van der Waals surface area contributed by atoms with E-state index in [4.69, 9.17) is 9.47 Å². The molecule has 1 saturated carbocycles. The van der Waals surface area contributed by atoms with Crippen LogP contribution in [0.1, 0.15) is 30.0 Å². The van der Waals surface area contributed by atoms with Crippen molar-refractivity contribution in [2.45, 2.75) is 36.4 Å². The number of imidazole rings is 1. The maximum atomic E-state index is 11.3. The summed E-state index contributed by atoms with van der Waals surface area (Å²) < 4.78 is 13.2.